The highest BCUT2D eigenvalue weighted by atomic mass is 32.2. The normalized spacial score (nSPS) is 16.6. The third kappa shape index (κ3) is 5.69. The van der Waals surface area contributed by atoms with Crippen molar-refractivity contribution >= 4 is 17.8 Å². The van der Waals surface area contributed by atoms with Gasteiger partial charge in [0.15, 0.2) is 0 Å². The summed E-state index contributed by atoms with van der Waals surface area (Å²) in [6, 6.07) is 4.50. The number of aryl methyl sites for hydroxylation is 1. The lowest BCUT2D eigenvalue weighted by atomic mass is 9.94. The number of thioether (sulfide) groups is 1. The second kappa shape index (κ2) is 9.92. The molecule has 0 spiro atoms. The van der Waals surface area contributed by atoms with Crippen molar-refractivity contribution in [2.24, 2.45) is 0 Å². The first-order valence-corrected chi connectivity index (χ1v) is 10.3. The van der Waals surface area contributed by atoms with E-state index < -0.39 is 0 Å². The van der Waals surface area contributed by atoms with E-state index in [0.29, 0.717) is 6.04 Å². The molecular formula is C19H31N3OS. The predicted octanol–water partition coefficient (Wildman–Crippen LogP) is 4.55. The van der Waals surface area contributed by atoms with Crippen molar-refractivity contribution < 1.29 is 4.79 Å². The van der Waals surface area contributed by atoms with Crippen LogP contribution >= 0.6 is 11.8 Å². The average molecular weight is 350 g/mol. The fraction of sp³-hybridized carbons (Fsp3) is 0.684. The van der Waals surface area contributed by atoms with Crippen molar-refractivity contribution in [3.05, 3.63) is 29.6 Å². The summed E-state index contributed by atoms with van der Waals surface area (Å²) in [7, 11) is 0. The summed E-state index contributed by atoms with van der Waals surface area (Å²) in [6.07, 6.45) is 7.94. The van der Waals surface area contributed by atoms with E-state index in [1.807, 2.05) is 43.9 Å². The molecule has 1 heterocycles. The summed E-state index contributed by atoms with van der Waals surface area (Å²) in [5, 5.41) is 3.18. The van der Waals surface area contributed by atoms with Crippen molar-refractivity contribution in [1.29, 1.82) is 0 Å². The number of hydrogen-bond donors (Lipinski definition) is 1. The SMILES string of the molecule is CCSCCN(C(=O)NC(C)c1ccc(C)nc1)C1CCCCC1. The Balaban J connectivity index is 1.98. The van der Waals surface area contributed by atoms with Gasteiger partial charge in [-0.3, -0.25) is 4.98 Å². The zero-order valence-corrected chi connectivity index (χ0v) is 16.1. The molecule has 1 aliphatic carbocycles. The number of urea groups is 1. The van der Waals surface area contributed by atoms with Crippen molar-refractivity contribution in [2.45, 2.75) is 65.0 Å². The van der Waals surface area contributed by atoms with Gasteiger partial charge in [-0.1, -0.05) is 32.3 Å². The maximum Gasteiger partial charge on any atom is 0.318 e. The Bertz CT molecular complexity index is 500. The van der Waals surface area contributed by atoms with Crippen LogP contribution in [0.1, 0.15) is 63.3 Å². The van der Waals surface area contributed by atoms with Gasteiger partial charge in [-0.15, -0.1) is 0 Å². The van der Waals surface area contributed by atoms with E-state index in [1.165, 1.54) is 19.3 Å². The average Bonchev–Trinajstić information content (AvgIpc) is 2.60. The number of carbonyl (C=O) groups excluding carboxylic acids is 1. The first kappa shape index (κ1) is 19.1. The van der Waals surface area contributed by atoms with Gasteiger partial charge in [0, 0.05) is 30.2 Å². The highest BCUT2D eigenvalue weighted by Crippen LogP contribution is 2.23. The van der Waals surface area contributed by atoms with Crippen molar-refractivity contribution in [3.63, 3.8) is 0 Å². The molecule has 4 nitrogen and oxygen atoms in total. The van der Waals surface area contributed by atoms with Gasteiger partial charge in [-0.05, 0) is 44.1 Å². The van der Waals surface area contributed by atoms with Gasteiger partial charge in [-0.2, -0.15) is 11.8 Å². The summed E-state index contributed by atoms with van der Waals surface area (Å²) in [6.45, 7) is 7.02. The van der Waals surface area contributed by atoms with Gasteiger partial charge in [0.05, 0.1) is 6.04 Å². The predicted molar refractivity (Wildman–Crippen MR) is 102 cm³/mol. The summed E-state index contributed by atoms with van der Waals surface area (Å²) < 4.78 is 0. The zero-order valence-electron chi connectivity index (χ0n) is 15.3. The van der Waals surface area contributed by atoms with E-state index in [-0.39, 0.29) is 12.1 Å². The molecule has 24 heavy (non-hydrogen) atoms. The molecule has 134 valence electrons. The number of carbonyl (C=O) groups is 1. The third-order valence-electron chi connectivity index (χ3n) is 4.73. The molecule has 0 aliphatic heterocycles. The van der Waals surface area contributed by atoms with Crippen LogP contribution in [0.15, 0.2) is 18.3 Å². The highest BCUT2D eigenvalue weighted by molar-refractivity contribution is 7.99. The standard InChI is InChI=1S/C19H31N3OS/c1-4-24-13-12-22(18-8-6-5-7-9-18)19(23)21-16(3)17-11-10-15(2)20-14-17/h10-11,14,16,18H,4-9,12-13H2,1-3H3,(H,21,23). The Kier molecular flexibility index (Phi) is 7.89. The molecule has 1 aliphatic rings. The first-order valence-electron chi connectivity index (χ1n) is 9.19. The van der Waals surface area contributed by atoms with Crippen LogP contribution in [0.2, 0.25) is 0 Å². The van der Waals surface area contributed by atoms with Crippen molar-refractivity contribution in [1.82, 2.24) is 15.2 Å². The minimum absolute atomic E-state index is 0.0180. The van der Waals surface area contributed by atoms with E-state index in [0.717, 1.165) is 42.1 Å². The van der Waals surface area contributed by atoms with E-state index in [2.05, 4.69) is 22.1 Å². The number of nitrogens with zero attached hydrogens (tertiary/aromatic N) is 2. The van der Waals surface area contributed by atoms with Gasteiger partial charge in [0.1, 0.15) is 0 Å². The van der Waals surface area contributed by atoms with Crippen LogP contribution in [0.4, 0.5) is 4.79 Å². The van der Waals surface area contributed by atoms with Gasteiger partial charge in [0.2, 0.25) is 0 Å². The van der Waals surface area contributed by atoms with Crippen LogP contribution in [0, 0.1) is 6.92 Å². The number of aromatic nitrogens is 1. The molecule has 1 N–H and O–H groups in total. The molecule has 0 bridgehead atoms. The van der Waals surface area contributed by atoms with Crippen LogP contribution < -0.4 is 5.32 Å². The molecule has 1 aromatic heterocycles. The largest absolute Gasteiger partial charge is 0.331 e. The van der Waals surface area contributed by atoms with Gasteiger partial charge in [-0.25, -0.2) is 4.79 Å². The summed E-state index contributed by atoms with van der Waals surface area (Å²) in [5.41, 5.74) is 2.05. The van der Waals surface area contributed by atoms with Crippen molar-refractivity contribution in [3.8, 4) is 0 Å². The van der Waals surface area contributed by atoms with Gasteiger partial charge in [0.25, 0.3) is 0 Å². The summed E-state index contributed by atoms with van der Waals surface area (Å²) in [5.74, 6) is 2.12. The number of pyridine rings is 1. The second-order valence-corrected chi connectivity index (χ2v) is 7.98. The molecular weight excluding hydrogens is 318 g/mol. The summed E-state index contributed by atoms with van der Waals surface area (Å²) >= 11 is 1.90. The molecule has 0 aromatic carbocycles. The lowest BCUT2D eigenvalue weighted by molar-refractivity contribution is 0.158. The molecule has 2 rings (SSSR count). The Morgan fingerprint density at radius 2 is 2.12 bits per heavy atom. The quantitative estimate of drug-likeness (QED) is 0.735. The molecule has 0 radical (unpaired) electrons. The Morgan fingerprint density at radius 3 is 2.75 bits per heavy atom. The Labute approximate surface area is 150 Å². The molecule has 1 saturated carbocycles. The maximum atomic E-state index is 12.9. The minimum atomic E-state index is -0.0180. The lowest BCUT2D eigenvalue weighted by Gasteiger charge is -2.35. The summed E-state index contributed by atoms with van der Waals surface area (Å²) in [4.78, 5) is 19.3. The van der Waals surface area contributed by atoms with E-state index in [1.54, 1.807) is 0 Å². The van der Waals surface area contributed by atoms with E-state index >= 15 is 0 Å². The van der Waals surface area contributed by atoms with Gasteiger partial charge < -0.3 is 10.2 Å². The number of rotatable bonds is 7. The third-order valence-corrected chi connectivity index (χ3v) is 5.61. The van der Waals surface area contributed by atoms with Gasteiger partial charge >= 0.3 is 6.03 Å². The number of nitrogens with one attached hydrogen (secondary N) is 1. The lowest BCUT2D eigenvalue weighted by Crippen LogP contribution is -2.48. The van der Waals surface area contributed by atoms with Crippen LogP contribution in [0.25, 0.3) is 0 Å². The molecule has 1 fully saturated rings. The van der Waals surface area contributed by atoms with Crippen LogP contribution in [-0.4, -0.2) is 40.0 Å². The van der Waals surface area contributed by atoms with Crippen LogP contribution in [-0.2, 0) is 0 Å². The van der Waals surface area contributed by atoms with E-state index in [9.17, 15) is 4.79 Å². The number of hydrogen-bond acceptors (Lipinski definition) is 3. The maximum absolute atomic E-state index is 12.9. The Morgan fingerprint density at radius 1 is 1.38 bits per heavy atom. The van der Waals surface area contributed by atoms with Crippen LogP contribution in [0.3, 0.4) is 0 Å². The molecule has 1 aromatic rings. The second-order valence-electron chi connectivity index (χ2n) is 6.59. The highest BCUT2D eigenvalue weighted by Gasteiger charge is 2.26. The molecule has 2 amide bonds. The first-order chi connectivity index (χ1) is 11.6. The Hall–Kier alpha value is -1.23. The fourth-order valence-electron chi connectivity index (χ4n) is 3.24. The minimum Gasteiger partial charge on any atom is -0.331 e. The monoisotopic (exact) mass is 349 g/mol. The molecule has 0 saturated heterocycles. The van der Waals surface area contributed by atoms with Crippen LogP contribution in [0.5, 0.6) is 0 Å². The smallest absolute Gasteiger partial charge is 0.318 e. The van der Waals surface area contributed by atoms with E-state index in [4.69, 9.17) is 0 Å². The molecule has 1 unspecified atom stereocenters. The number of amides is 2. The van der Waals surface area contributed by atoms with Crippen molar-refractivity contribution in [2.75, 3.05) is 18.1 Å². The topological polar surface area (TPSA) is 45.2 Å². The fourth-order valence-corrected chi connectivity index (χ4v) is 3.85. The zero-order chi connectivity index (χ0) is 17.4. The molecule has 1 atom stereocenters. The molecule has 5 heteroatoms.